The molecule has 2 aromatic rings. The molecular formula is C23H32ClNO7. The zero-order valence-corrected chi connectivity index (χ0v) is 18.7. The highest BCUT2D eigenvalue weighted by Crippen LogP contribution is 2.26. The SMILES string of the molecule is OC[C@H]1OC(O)[C@H](O)[C@@H](OCCCCCCCCOc2ccnc3cc(Cl)ccc23)[C@@H]1O. The fraction of sp³-hybridized carbons (Fsp3) is 0.609. The second-order valence-electron chi connectivity index (χ2n) is 8.00. The number of pyridine rings is 1. The Balaban J connectivity index is 1.26. The Bertz CT molecular complexity index is 839. The van der Waals surface area contributed by atoms with Crippen molar-refractivity contribution in [3.8, 4) is 5.75 Å². The van der Waals surface area contributed by atoms with Gasteiger partial charge in [-0.2, -0.15) is 0 Å². The average molecular weight is 470 g/mol. The van der Waals surface area contributed by atoms with E-state index in [0.717, 1.165) is 55.2 Å². The monoisotopic (exact) mass is 469 g/mol. The number of unbranched alkanes of at least 4 members (excludes halogenated alkanes) is 5. The van der Waals surface area contributed by atoms with Crippen LogP contribution in [0.15, 0.2) is 30.5 Å². The van der Waals surface area contributed by atoms with Gasteiger partial charge in [0.25, 0.3) is 0 Å². The van der Waals surface area contributed by atoms with Gasteiger partial charge in [0.15, 0.2) is 6.29 Å². The highest BCUT2D eigenvalue weighted by atomic mass is 35.5. The summed E-state index contributed by atoms with van der Waals surface area (Å²) in [5.41, 5.74) is 0.819. The number of aliphatic hydroxyl groups excluding tert-OH is 4. The van der Waals surface area contributed by atoms with Crippen molar-refractivity contribution in [1.29, 1.82) is 0 Å². The van der Waals surface area contributed by atoms with Crippen LogP contribution in [0.4, 0.5) is 0 Å². The van der Waals surface area contributed by atoms with Crippen molar-refractivity contribution in [3.63, 3.8) is 0 Å². The smallest absolute Gasteiger partial charge is 0.184 e. The first-order chi connectivity index (χ1) is 15.5. The predicted molar refractivity (Wildman–Crippen MR) is 120 cm³/mol. The summed E-state index contributed by atoms with van der Waals surface area (Å²) in [6.45, 7) is 0.533. The van der Waals surface area contributed by atoms with Crippen LogP contribution in [-0.2, 0) is 9.47 Å². The maximum absolute atomic E-state index is 10.1. The summed E-state index contributed by atoms with van der Waals surface area (Å²) in [6, 6.07) is 7.44. The Morgan fingerprint density at radius 1 is 0.938 bits per heavy atom. The maximum atomic E-state index is 10.1. The molecule has 5 atom stereocenters. The van der Waals surface area contributed by atoms with E-state index in [1.807, 2.05) is 24.3 Å². The number of fused-ring (bicyclic) bond motifs is 1. The minimum Gasteiger partial charge on any atom is -0.493 e. The molecule has 8 nitrogen and oxygen atoms in total. The standard InChI is InChI=1S/C23H32ClNO7/c24-15-7-8-16-17(13-15)25-10-9-18(16)30-11-5-3-1-2-4-6-12-31-22-20(27)19(14-26)32-23(29)21(22)28/h7-10,13,19-23,26-29H,1-6,11-12,14H2/t19-,20-,21-,22+,23?/m1/s1. The molecule has 178 valence electrons. The minimum atomic E-state index is -1.48. The van der Waals surface area contributed by atoms with E-state index in [2.05, 4.69) is 4.98 Å². The van der Waals surface area contributed by atoms with E-state index < -0.39 is 37.3 Å². The molecule has 1 aromatic carbocycles. The fourth-order valence-electron chi connectivity index (χ4n) is 3.80. The van der Waals surface area contributed by atoms with E-state index in [-0.39, 0.29) is 0 Å². The van der Waals surface area contributed by atoms with Crippen molar-refractivity contribution in [2.75, 3.05) is 19.8 Å². The van der Waals surface area contributed by atoms with Crippen LogP contribution in [0.3, 0.4) is 0 Å². The van der Waals surface area contributed by atoms with Gasteiger partial charge in [-0.25, -0.2) is 0 Å². The quantitative estimate of drug-likeness (QED) is 0.350. The first-order valence-electron chi connectivity index (χ1n) is 11.1. The molecule has 1 fully saturated rings. The van der Waals surface area contributed by atoms with Gasteiger partial charge in [0, 0.05) is 23.2 Å². The number of halogens is 1. The van der Waals surface area contributed by atoms with E-state index >= 15 is 0 Å². The molecule has 0 saturated carbocycles. The van der Waals surface area contributed by atoms with Crippen molar-refractivity contribution in [3.05, 3.63) is 35.5 Å². The van der Waals surface area contributed by atoms with Crippen LogP contribution in [0.5, 0.6) is 5.75 Å². The van der Waals surface area contributed by atoms with Crippen molar-refractivity contribution in [2.24, 2.45) is 0 Å². The second kappa shape index (κ2) is 12.6. The molecule has 0 spiro atoms. The number of benzene rings is 1. The molecule has 0 radical (unpaired) electrons. The van der Waals surface area contributed by atoms with Crippen LogP contribution in [0.1, 0.15) is 38.5 Å². The van der Waals surface area contributed by atoms with E-state index in [4.69, 9.17) is 25.8 Å². The fourth-order valence-corrected chi connectivity index (χ4v) is 3.96. The van der Waals surface area contributed by atoms with E-state index in [1.54, 1.807) is 6.20 Å². The number of hydrogen-bond donors (Lipinski definition) is 4. The van der Waals surface area contributed by atoms with Crippen molar-refractivity contribution >= 4 is 22.5 Å². The lowest BCUT2D eigenvalue weighted by molar-refractivity contribution is -0.294. The summed E-state index contributed by atoms with van der Waals surface area (Å²) in [4.78, 5) is 4.31. The lowest BCUT2D eigenvalue weighted by atomic mass is 9.99. The highest BCUT2D eigenvalue weighted by Gasteiger charge is 2.44. The molecule has 4 N–H and O–H groups in total. The third-order valence-electron chi connectivity index (χ3n) is 5.61. The largest absolute Gasteiger partial charge is 0.493 e. The van der Waals surface area contributed by atoms with Crippen LogP contribution in [0.2, 0.25) is 5.02 Å². The van der Waals surface area contributed by atoms with Crippen molar-refractivity contribution in [1.82, 2.24) is 4.98 Å². The Labute approximate surface area is 192 Å². The topological polar surface area (TPSA) is 122 Å². The van der Waals surface area contributed by atoms with Gasteiger partial charge >= 0.3 is 0 Å². The van der Waals surface area contributed by atoms with Crippen LogP contribution in [-0.4, -0.2) is 75.9 Å². The molecule has 0 bridgehead atoms. The molecule has 2 heterocycles. The molecule has 1 aliphatic rings. The molecule has 32 heavy (non-hydrogen) atoms. The number of nitrogens with zero attached hydrogens (tertiary/aromatic N) is 1. The average Bonchev–Trinajstić information content (AvgIpc) is 2.79. The summed E-state index contributed by atoms with van der Waals surface area (Å²) >= 11 is 6.01. The molecule has 9 heteroatoms. The third-order valence-corrected chi connectivity index (χ3v) is 5.85. The van der Waals surface area contributed by atoms with Gasteiger partial charge in [-0.3, -0.25) is 4.98 Å². The zero-order chi connectivity index (χ0) is 22.9. The maximum Gasteiger partial charge on any atom is 0.184 e. The lowest BCUT2D eigenvalue weighted by Gasteiger charge is -2.39. The molecule has 3 rings (SSSR count). The predicted octanol–water partition coefficient (Wildman–Crippen LogP) is 2.42. The first-order valence-corrected chi connectivity index (χ1v) is 11.5. The van der Waals surface area contributed by atoms with Gasteiger partial charge < -0.3 is 34.6 Å². The van der Waals surface area contributed by atoms with Crippen LogP contribution >= 0.6 is 11.6 Å². The van der Waals surface area contributed by atoms with Crippen LogP contribution in [0, 0.1) is 0 Å². The van der Waals surface area contributed by atoms with Gasteiger partial charge in [-0.05, 0) is 37.1 Å². The Kier molecular flexibility index (Phi) is 9.92. The summed E-state index contributed by atoms with van der Waals surface area (Å²) < 4.78 is 16.4. The summed E-state index contributed by atoms with van der Waals surface area (Å²) in [6.07, 6.45) is 1.62. The Morgan fingerprint density at radius 2 is 1.66 bits per heavy atom. The molecule has 0 amide bonds. The van der Waals surface area contributed by atoms with Crippen LogP contribution in [0.25, 0.3) is 10.9 Å². The number of rotatable bonds is 12. The van der Waals surface area contributed by atoms with Gasteiger partial charge in [0.2, 0.25) is 0 Å². The number of ether oxygens (including phenoxy) is 3. The minimum absolute atomic E-state index is 0.353. The Hall–Kier alpha value is -1.52. The highest BCUT2D eigenvalue weighted by molar-refractivity contribution is 6.31. The molecule has 1 aromatic heterocycles. The van der Waals surface area contributed by atoms with Gasteiger partial charge in [0.05, 0.1) is 18.7 Å². The van der Waals surface area contributed by atoms with Gasteiger partial charge in [-0.1, -0.05) is 37.3 Å². The van der Waals surface area contributed by atoms with E-state index in [0.29, 0.717) is 18.2 Å². The Morgan fingerprint density at radius 3 is 2.41 bits per heavy atom. The van der Waals surface area contributed by atoms with Crippen molar-refractivity contribution in [2.45, 2.75) is 69.2 Å². The van der Waals surface area contributed by atoms with E-state index in [9.17, 15) is 20.4 Å². The number of hydrogen-bond acceptors (Lipinski definition) is 8. The number of aliphatic hydroxyl groups is 4. The second-order valence-corrected chi connectivity index (χ2v) is 8.44. The van der Waals surface area contributed by atoms with Gasteiger partial charge in [-0.15, -0.1) is 0 Å². The lowest BCUT2D eigenvalue weighted by Crippen LogP contribution is -2.59. The van der Waals surface area contributed by atoms with E-state index in [1.165, 1.54) is 0 Å². The summed E-state index contributed by atoms with van der Waals surface area (Å²) in [5, 5.41) is 40.5. The molecule has 1 saturated heterocycles. The number of aromatic nitrogens is 1. The van der Waals surface area contributed by atoms with Crippen molar-refractivity contribution < 1.29 is 34.6 Å². The van der Waals surface area contributed by atoms with Crippen LogP contribution < -0.4 is 4.74 Å². The first kappa shape index (κ1) is 25.1. The normalized spacial score (nSPS) is 25.8. The molecule has 0 aliphatic carbocycles. The summed E-state index contributed by atoms with van der Waals surface area (Å²) in [5.74, 6) is 0.815. The third kappa shape index (κ3) is 6.74. The van der Waals surface area contributed by atoms with Gasteiger partial charge in [0.1, 0.15) is 30.2 Å². The summed E-state index contributed by atoms with van der Waals surface area (Å²) in [7, 11) is 0. The zero-order valence-electron chi connectivity index (χ0n) is 18.0. The molecular weight excluding hydrogens is 438 g/mol. The molecule has 1 aliphatic heterocycles. The molecule has 1 unspecified atom stereocenters.